The largest absolute Gasteiger partial charge is 0.341 e. The van der Waals surface area contributed by atoms with E-state index < -0.39 is 0 Å². The number of amides is 1. The second-order valence-corrected chi connectivity index (χ2v) is 6.78. The fourth-order valence-corrected chi connectivity index (χ4v) is 3.59. The third-order valence-electron chi connectivity index (χ3n) is 4.83. The summed E-state index contributed by atoms with van der Waals surface area (Å²) < 4.78 is 0. The van der Waals surface area contributed by atoms with Gasteiger partial charge in [0.1, 0.15) is 0 Å². The Morgan fingerprint density at radius 1 is 1.20 bits per heavy atom. The molecule has 1 amide bonds. The zero-order chi connectivity index (χ0) is 14.5. The van der Waals surface area contributed by atoms with E-state index in [1.165, 1.54) is 25.9 Å². The molecule has 0 bridgehead atoms. The van der Waals surface area contributed by atoms with Crippen molar-refractivity contribution in [2.45, 2.75) is 64.5 Å². The Hall–Kier alpha value is -0.610. The van der Waals surface area contributed by atoms with Gasteiger partial charge in [-0.15, -0.1) is 0 Å². The lowest BCUT2D eigenvalue weighted by Gasteiger charge is -2.28. The van der Waals surface area contributed by atoms with Crippen molar-refractivity contribution in [2.75, 3.05) is 26.2 Å². The molecule has 0 radical (unpaired) electrons. The minimum atomic E-state index is 0.154. The first-order valence-electron chi connectivity index (χ1n) is 8.36. The highest BCUT2D eigenvalue weighted by atomic mass is 16.2. The third-order valence-corrected chi connectivity index (χ3v) is 4.83. The first-order chi connectivity index (χ1) is 9.58. The number of nitrogens with zero attached hydrogens (tertiary/aromatic N) is 2. The molecule has 0 aromatic carbocycles. The Labute approximate surface area is 123 Å². The summed E-state index contributed by atoms with van der Waals surface area (Å²) in [4.78, 5) is 17.3. The summed E-state index contributed by atoms with van der Waals surface area (Å²) in [5.41, 5.74) is 5.78. The Bertz CT molecular complexity index is 319. The zero-order valence-electron chi connectivity index (χ0n) is 13.2. The van der Waals surface area contributed by atoms with Crippen LogP contribution < -0.4 is 5.73 Å². The minimum Gasteiger partial charge on any atom is -0.341 e. The Morgan fingerprint density at radius 2 is 1.95 bits per heavy atom. The van der Waals surface area contributed by atoms with E-state index in [-0.39, 0.29) is 12.0 Å². The van der Waals surface area contributed by atoms with Crippen molar-refractivity contribution in [1.82, 2.24) is 9.80 Å². The lowest BCUT2D eigenvalue weighted by Crippen LogP contribution is -2.41. The van der Waals surface area contributed by atoms with Gasteiger partial charge in [0.25, 0.3) is 0 Å². The molecular weight excluding hydrogens is 250 g/mol. The van der Waals surface area contributed by atoms with E-state index in [1.54, 1.807) is 0 Å². The standard InChI is InChI=1S/C16H31N3O/c1-13(6-3-7-14(2)17)16(20)19-11-5-10-18-9-4-8-15(18)12-19/h13-15H,3-12,17H2,1-2H3. The summed E-state index contributed by atoms with van der Waals surface area (Å²) in [6, 6.07) is 0.875. The molecule has 0 aromatic rings. The van der Waals surface area contributed by atoms with Crippen LogP contribution in [0.15, 0.2) is 0 Å². The van der Waals surface area contributed by atoms with Crippen LogP contribution in [0.4, 0.5) is 0 Å². The van der Waals surface area contributed by atoms with E-state index in [2.05, 4.69) is 16.7 Å². The molecule has 3 unspecified atom stereocenters. The Balaban J connectivity index is 1.81. The molecule has 0 saturated carbocycles. The van der Waals surface area contributed by atoms with Gasteiger partial charge in [0.15, 0.2) is 0 Å². The number of carbonyl (C=O) groups is 1. The summed E-state index contributed by atoms with van der Waals surface area (Å²) in [5, 5.41) is 0. The SMILES string of the molecule is CC(N)CCCC(C)C(=O)N1CCCN2CCCC2C1. The molecule has 2 aliphatic heterocycles. The number of rotatable bonds is 5. The Kier molecular flexibility index (Phi) is 5.85. The highest BCUT2D eigenvalue weighted by molar-refractivity contribution is 5.78. The normalized spacial score (nSPS) is 26.9. The lowest BCUT2D eigenvalue weighted by molar-refractivity contribution is -0.135. The smallest absolute Gasteiger partial charge is 0.225 e. The highest BCUT2D eigenvalue weighted by Crippen LogP contribution is 2.23. The molecule has 0 spiro atoms. The number of hydrogen-bond donors (Lipinski definition) is 1. The molecule has 2 rings (SSSR count). The van der Waals surface area contributed by atoms with Gasteiger partial charge in [-0.25, -0.2) is 0 Å². The predicted octanol–water partition coefficient (Wildman–Crippen LogP) is 1.84. The third kappa shape index (κ3) is 4.19. The van der Waals surface area contributed by atoms with Crippen LogP contribution in [0, 0.1) is 5.92 Å². The molecule has 3 atom stereocenters. The highest BCUT2D eigenvalue weighted by Gasteiger charge is 2.31. The van der Waals surface area contributed by atoms with Crippen molar-refractivity contribution in [3.05, 3.63) is 0 Å². The molecule has 2 N–H and O–H groups in total. The number of carbonyl (C=O) groups excluding carboxylic acids is 1. The number of hydrogen-bond acceptors (Lipinski definition) is 3. The van der Waals surface area contributed by atoms with Gasteiger partial charge in [0.05, 0.1) is 0 Å². The summed E-state index contributed by atoms with van der Waals surface area (Å²) in [5.74, 6) is 0.519. The average molecular weight is 281 g/mol. The van der Waals surface area contributed by atoms with Gasteiger partial charge >= 0.3 is 0 Å². The molecule has 116 valence electrons. The van der Waals surface area contributed by atoms with Gasteiger partial charge in [-0.2, -0.15) is 0 Å². The van der Waals surface area contributed by atoms with E-state index in [0.717, 1.165) is 38.8 Å². The van der Waals surface area contributed by atoms with Crippen molar-refractivity contribution < 1.29 is 4.79 Å². The van der Waals surface area contributed by atoms with Crippen molar-refractivity contribution >= 4 is 5.91 Å². The summed E-state index contributed by atoms with van der Waals surface area (Å²) >= 11 is 0. The topological polar surface area (TPSA) is 49.6 Å². The van der Waals surface area contributed by atoms with Crippen molar-refractivity contribution in [3.8, 4) is 0 Å². The lowest BCUT2D eigenvalue weighted by atomic mass is 10.0. The first-order valence-corrected chi connectivity index (χ1v) is 8.36. The van der Waals surface area contributed by atoms with Gasteiger partial charge in [0.2, 0.25) is 5.91 Å². The molecule has 2 saturated heterocycles. The van der Waals surface area contributed by atoms with Crippen molar-refractivity contribution in [1.29, 1.82) is 0 Å². The van der Waals surface area contributed by atoms with Crippen molar-refractivity contribution in [3.63, 3.8) is 0 Å². The van der Waals surface area contributed by atoms with Crippen LogP contribution in [-0.2, 0) is 4.79 Å². The van der Waals surface area contributed by atoms with Crippen LogP contribution in [0.2, 0.25) is 0 Å². The predicted molar refractivity (Wildman–Crippen MR) is 82.5 cm³/mol. The molecule has 2 fully saturated rings. The monoisotopic (exact) mass is 281 g/mol. The second-order valence-electron chi connectivity index (χ2n) is 6.78. The van der Waals surface area contributed by atoms with Gasteiger partial charge in [-0.1, -0.05) is 13.3 Å². The maximum atomic E-state index is 12.6. The molecule has 0 aliphatic carbocycles. The second kappa shape index (κ2) is 7.41. The van der Waals surface area contributed by atoms with Gasteiger partial charge in [-0.3, -0.25) is 9.69 Å². The minimum absolute atomic E-state index is 0.154. The van der Waals surface area contributed by atoms with E-state index in [4.69, 9.17) is 5.73 Å². The fraction of sp³-hybridized carbons (Fsp3) is 0.938. The average Bonchev–Trinajstić information content (AvgIpc) is 2.74. The van der Waals surface area contributed by atoms with Crippen molar-refractivity contribution in [2.24, 2.45) is 11.7 Å². The number of fused-ring (bicyclic) bond motifs is 1. The van der Waals surface area contributed by atoms with Gasteiger partial charge in [0, 0.05) is 37.6 Å². The molecule has 20 heavy (non-hydrogen) atoms. The zero-order valence-corrected chi connectivity index (χ0v) is 13.2. The summed E-state index contributed by atoms with van der Waals surface area (Å²) in [7, 11) is 0. The van der Waals surface area contributed by atoms with E-state index >= 15 is 0 Å². The Morgan fingerprint density at radius 3 is 2.70 bits per heavy atom. The van der Waals surface area contributed by atoms with Crippen LogP contribution in [0.5, 0.6) is 0 Å². The van der Waals surface area contributed by atoms with Gasteiger partial charge in [-0.05, 0) is 45.6 Å². The van der Waals surface area contributed by atoms with Crippen LogP contribution in [0.3, 0.4) is 0 Å². The summed E-state index contributed by atoms with van der Waals surface area (Å²) in [6.45, 7) is 8.43. The van der Waals surface area contributed by atoms with E-state index in [1.807, 2.05) is 6.92 Å². The maximum absolute atomic E-state index is 12.6. The van der Waals surface area contributed by atoms with Crippen LogP contribution in [-0.4, -0.2) is 54.0 Å². The van der Waals surface area contributed by atoms with E-state index in [0.29, 0.717) is 11.9 Å². The molecule has 4 heteroatoms. The molecule has 0 aromatic heterocycles. The van der Waals surface area contributed by atoms with Crippen LogP contribution in [0.1, 0.15) is 52.4 Å². The van der Waals surface area contributed by atoms with Gasteiger partial charge < -0.3 is 10.6 Å². The maximum Gasteiger partial charge on any atom is 0.225 e. The van der Waals surface area contributed by atoms with E-state index in [9.17, 15) is 4.79 Å². The molecular formula is C16H31N3O. The van der Waals surface area contributed by atoms with Crippen LogP contribution >= 0.6 is 0 Å². The number of nitrogens with two attached hydrogens (primary N) is 1. The quantitative estimate of drug-likeness (QED) is 0.836. The summed E-state index contributed by atoms with van der Waals surface area (Å²) in [6.07, 6.45) is 6.77. The molecule has 4 nitrogen and oxygen atoms in total. The molecule has 2 heterocycles. The fourth-order valence-electron chi connectivity index (χ4n) is 3.59. The molecule has 2 aliphatic rings. The first kappa shape index (κ1) is 15.8. The van der Waals surface area contributed by atoms with Crippen LogP contribution in [0.25, 0.3) is 0 Å².